The van der Waals surface area contributed by atoms with Crippen molar-refractivity contribution in [1.29, 1.82) is 0 Å². The number of fused-ring (bicyclic) bond motifs is 1. The van der Waals surface area contributed by atoms with Crippen LogP contribution in [0.15, 0.2) is 77.7 Å². The maximum atomic E-state index is 13.5. The summed E-state index contributed by atoms with van der Waals surface area (Å²) in [6.07, 6.45) is -0.676. The van der Waals surface area contributed by atoms with Crippen LogP contribution in [0.2, 0.25) is 0 Å². The van der Waals surface area contributed by atoms with Crippen LogP contribution in [0.1, 0.15) is 24.1 Å². The van der Waals surface area contributed by atoms with E-state index in [1.165, 1.54) is 12.1 Å². The maximum Gasteiger partial charge on any atom is 0.412 e. The van der Waals surface area contributed by atoms with Crippen LogP contribution in [0.3, 0.4) is 0 Å². The number of amides is 2. The molecule has 3 aromatic carbocycles. The van der Waals surface area contributed by atoms with Crippen molar-refractivity contribution < 1.29 is 28.3 Å². The molecule has 0 fully saturated rings. The summed E-state index contributed by atoms with van der Waals surface area (Å²) in [5.41, 5.74) is 4.95. The number of carboxylic acid groups (broad SMARTS) is 1. The Hall–Kier alpha value is -4.17. The Balaban J connectivity index is 1.60. The summed E-state index contributed by atoms with van der Waals surface area (Å²) in [6.45, 7) is 1.77. The predicted molar refractivity (Wildman–Crippen MR) is 137 cm³/mol. The number of anilines is 1. The minimum absolute atomic E-state index is 0.0122. The highest BCUT2D eigenvalue weighted by Gasteiger charge is 2.40. The van der Waals surface area contributed by atoms with E-state index in [1.54, 1.807) is 60.9 Å². The van der Waals surface area contributed by atoms with Gasteiger partial charge >= 0.3 is 6.09 Å². The first-order valence-electron chi connectivity index (χ1n) is 11.4. The number of hydrogen-bond donors (Lipinski definition) is 3. The van der Waals surface area contributed by atoms with Crippen molar-refractivity contribution in [2.45, 2.75) is 24.3 Å². The van der Waals surface area contributed by atoms with Crippen molar-refractivity contribution in [3.8, 4) is 23.0 Å². The van der Waals surface area contributed by atoms with Gasteiger partial charge in [-0.15, -0.1) is 5.92 Å². The lowest BCUT2D eigenvalue weighted by Gasteiger charge is -2.34. The van der Waals surface area contributed by atoms with Crippen molar-refractivity contribution in [1.82, 2.24) is 9.79 Å². The van der Waals surface area contributed by atoms with Crippen LogP contribution in [-0.2, 0) is 21.2 Å². The summed E-state index contributed by atoms with van der Waals surface area (Å²) in [6, 6.07) is 18.9. The van der Waals surface area contributed by atoms with E-state index < -0.39 is 28.1 Å². The van der Waals surface area contributed by atoms with Crippen LogP contribution >= 0.6 is 0 Å². The van der Waals surface area contributed by atoms with Gasteiger partial charge in [-0.25, -0.2) is 18.7 Å². The Kier molecular flexibility index (Phi) is 7.59. The van der Waals surface area contributed by atoms with Crippen molar-refractivity contribution in [3.05, 3.63) is 83.9 Å². The minimum atomic E-state index is -4.07. The molecule has 0 aromatic heterocycles. The van der Waals surface area contributed by atoms with Gasteiger partial charge in [-0.1, -0.05) is 54.5 Å². The molecule has 0 saturated carbocycles. The second kappa shape index (κ2) is 10.8. The third-order valence-electron chi connectivity index (χ3n) is 6.22. The standard InChI is InChI=1S/C27H25N3O6S/c1-2-3-17-29(27(32)33)22-12-8-19(9-13-22)20-10-14-23(15-11-20)37(35,36)30-18-16-21-6-4-5-7-24(21)25(30)26(31)28-34/h4-15,25,34H,16-18H2,1H3,(H,28,31)(H,32,33). The first-order chi connectivity index (χ1) is 17.8. The molecular formula is C27H25N3O6S. The SMILES string of the molecule is CC#CCN(C(=O)O)c1ccc(-c2ccc(S(=O)(=O)N3CCc4ccccc4C3C(=O)NO)cc2)cc1. The molecule has 1 heterocycles. The number of hydroxylamine groups is 1. The van der Waals surface area contributed by atoms with Crippen LogP contribution in [0, 0.1) is 11.8 Å². The summed E-state index contributed by atoms with van der Waals surface area (Å²) in [5.74, 6) is 4.59. The van der Waals surface area contributed by atoms with Gasteiger partial charge in [-0.3, -0.25) is 14.9 Å². The van der Waals surface area contributed by atoms with Crippen LogP contribution in [0.4, 0.5) is 10.5 Å². The lowest BCUT2D eigenvalue weighted by Crippen LogP contribution is -2.46. The molecule has 37 heavy (non-hydrogen) atoms. The fourth-order valence-electron chi connectivity index (χ4n) is 4.35. The Labute approximate surface area is 215 Å². The molecule has 4 rings (SSSR count). The van der Waals surface area contributed by atoms with Crippen LogP contribution in [0.5, 0.6) is 0 Å². The van der Waals surface area contributed by atoms with E-state index in [2.05, 4.69) is 11.8 Å². The van der Waals surface area contributed by atoms with E-state index >= 15 is 0 Å². The topological polar surface area (TPSA) is 127 Å². The molecule has 3 N–H and O–H groups in total. The molecule has 1 unspecified atom stereocenters. The zero-order chi connectivity index (χ0) is 26.6. The van der Waals surface area contributed by atoms with Crippen molar-refractivity contribution in [2.75, 3.05) is 18.0 Å². The normalized spacial score (nSPS) is 15.1. The van der Waals surface area contributed by atoms with Crippen LogP contribution in [0.25, 0.3) is 11.1 Å². The number of nitrogens with one attached hydrogen (secondary N) is 1. The monoisotopic (exact) mass is 519 g/mol. The second-order valence-corrected chi connectivity index (χ2v) is 10.2. The van der Waals surface area contributed by atoms with Gasteiger partial charge in [-0.05, 0) is 59.9 Å². The molecular weight excluding hydrogens is 494 g/mol. The third-order valence-corrected chi connectivity index (χ3v) is 8.09. The van der Waals surface area contributed by atoms with Gasteiger partial charge in [0.25, 0.3) is 5.91 Å². The van der Waals surface area contributed by atoms with Gasteiger partial charge in [0.15, 0.2) is 0 Å². The van der Waals surface area contributed by atoms with E-state index in [1.807, 2.05) is 12.1 Å². The lowest BCUT2D eigenvalue weighted by atomic mass is 9.94. The molecule has 190 valence electrons. The molecule has 10 heteroatoms. The first-order valence-corrected chi connectivity index (χ1v) is 12.9. The zero-order valence-electron chi connectivity index (χ0n) is 20.0. The molecule has 0 radical (unpaired) electrons. The van der Waals surface area contributed by atoms with Crippen molar-refractivity contribution in [2.24, 2.45) is 0 Å². The highest BCUT2D eigenvalue weighted by molar-refractivity contribution is 7.89. The number of nitrogens with zero attached hydrogens (tertiary/aromatic N) is 2. The Morgan fingerprint density at radius 1 is 1.03 bits per heavy atom. The van der Waals surface area contributed by atoms with Gasteiger partial charge in [0.2, 0.25) is 10.0 Å². The minimum Gasteiger partial charge on any atom is -0.465 e. The summed E-state index contributed by atoms with van der Waals surface area (Å²) < 4.78 is 28.2. The highest BCUT2D eigenvalue weighted by atomic mass is 32.2. The molecule has 0 bridgehead atoms. The summed E-state index contributed by atoms with van der Waals surface area (Å²) in [5, 5.41) is 18.7. The van der Waals surface area contributed by atoms with Crippen LogP contribution in [-0.4, -0.2) is 48.1 Å². The van der Waals surface area contributed by atoms with Crippen molar-refractivity contribution in [3.63, 3.8) is 0 Å². The number of hydrogen-bond acceptors (Lipinski definition) is 5. The summed E-state index contributed by atoms with van der Waals surface area (Å²) >= 11 is 0. The number of carbonyl (C=O) groups excluding carboxylic acids is 1. The van der Waals surface area contributed by atoms with Gasteiger partial charge < -0.3 is 5.11 Å². The molecule has 3 aromatic rings. The third kappa shape index (κ3) is 5.20. The quantitative estimate of drug-likeness (QED) is 0.259. The van der Waals surface area contributed by atoms with Gasteiger partial charge in [0.05, 0.1) is 11.4 Å². The molecule has 0 saturated heterocycles. The Morgan fingerprint density at radius 2 is 1.65 bits per heavy atom. The number of benzene rings is 3. The van der Waals surface area contributed by atoms with E-state index in [9.17, 15) is 28.3 Å². The largest absolute Gasteiger partial charge is 0.465 e. The molecule has 1 aliphatic rings. The molecule has 0 spiro atoms. The molecule has 9 nitrogen and oxygen atoms in total. The summed E-state index contributed by atoms with van der Waals surface area (Å²) in [7, 11) is -4.07. The average molecular weight is 520 g/mol. The predicted octanol–water partition coefficient (Wildman–Crippen LogP) is 3.65. The second-order valence-electron chi connectivity index (χ2n) is 8.31. The number of carbonyl (C=O) groups is 2. The van der Waals surface area contributed by atoms with Gasteiger partial charge in [-0.2, -0.15) is 4.31 Å². The number of sulfonamides is 1. The van der Waals surface area contributed by atoms with Gasteiger partial charge in [0, 0.05) is 12.2 Å². The molecule has 0 aliphatic carbocycles. The van der Waals surface area contributed by atoms with Crippen LogP contribution < -0.4 is 10.4 Å². The average Bonchev–Trinajstić information content (AvgIpc) is 2.92. The molecule has 1 atom stereocenters. The fraction of sp³-hybridized carbons (Fsp3) is 0.185. The van der Waals surface area contributed by atoms with Crippen molar-refractivity contribution >= 4 is 27.7 Å². The van der Waals surface area contributed by atoms with E-state index in [4.69, 9.17) is 0 Å². The lowest BCUT2D eigenvalue weighted by molar-refractivity contribution is -0.133. The zero-order valence-corrected chi connectivity index (χ0v) is 20.8. The number of rotatable bonds is 6. The highest BCUT2D eigenvalue weighted by Crippen LogP contribution is 2.35. The van der Waals surface area contributed by atoms with E-state index in [-0.39, 0.29) is 18.0 Å². The van der Waals surface area contributed by atoms with Gasteiger partial charge in [0.1, 0.15) is 6.04 Å². The molecule has 2 amide bonds. The Morgan fingerprint density at radius 3 is 2.24 bits per heavy atom. The maximum absolute atomic E-state index is 13.5. The fourth-order valence-corrected chi connectivity index (χ4v) is 5.92. The smallest absolute Gasteiger partial charge is 0.412 e. The van der Waals surface area contributed by atoms with E-state index in [0.717, 1.165) is 25.9 Å². The first kappa shape index (κ1) is 25.9. The summed E-state index contributed by atoms with van der Waals surface area (Å²) in [4.78, 5) is 25.2. The Bertz CT molecular complexity index is 1480. The molecule has 1 aliphatic heterocycles. The van der Waals surface area contributed by atoms with E-state index in [0.29, 0.717) is 17.7 Å².